The zero-order valence-electron chi connectivity index (χ0n) is 12.8. The summed E-state index contributed by atoms with van der Waals surface area (Å²) in [5.74, 6) is 1.65. The first kappa shape index (κ1) is 15.3. The lowest BCUT2D eigenvalue weighted by Gasteiger charge is -2.28. The molecule has 1 heteroatoms. The van der Waals surface area contributed by atoms with E-state index in [1.54, 1.807) is 0 Å². The quantitative estimate of drug-likeness (QED) is 0.473. The van der Waals surface area contributed by atoms with Crippen LogP contribution in [0.3, 0.4) is 0 Å². The van der Waals surface area contributed by atoms with Crippen LogP contribution in [0.1, 0.15) is 62.5 Å². The third-order valence-corrected chi connectivity index (χ3v) is 4.42. The minimum atomic E-state index is 0.750. The van der Waals surface area contributed by atoms with Crippen molar-refractivity contribution in [2.45, 2.75) is 58.0 Å². The highest BCUT2D eigenvalue weighted by Crippen LogP contribution is 2.37. The number of hydrogen-bond acceptors (Lipinski definition) is 1. The fourth-order valence-corrected chi connectivity index (χ4v) is 3.19. The summed E-state index contributed by atoms with van der Waals surface area (Å²) in [5, 5.41) is 0. The molecule has 0 unspecified atom stereocenters. The van der Waals surface area contributed by atoms with Gasteiger partial charge in [-0.15, -0.1) is 6.58 Å². The van der Waals surface area contributed by atoms with E-state index in [1.807, 2.05) is 0 Å². The van der Waals surface area contributed by atoms with E-state index >= 15 is 0 Å². The summed E-state index contributed by atoms with van der Waals surface area (Å²) in [6.07, 6.45) is 9.76. The average Bonchev–Trinajstić information content (AvgIpc) is 2.49. The van der Waals surface area contributed by atoms with Gasteiger partial charge in [0.15, 0.2) is 0 Å². The van der Waals surface area contributed by atoms with Crippen molar-refractivity contribution >= 4 is 0 Å². The van der Waals surface area contributed by atoms with Gasteiger partial charge in [-0.1, -0.05) is 37.3 Å². The molecule has 0 saturated heterocycles. The third kappa shape index (κ3) is 4.49. The second-order valence-electron chi connectivity index (χ2n) is 6.04. The van der Waals surface area contributed by atoms with Crippen LogP contribution in [-0.2, 0) is 11.3 Å². The lowest BCUT2D eigenvalue weighted by molar-refractivity contribution is 0.121. The Hall–Kier alpha value is -1.08. The second kappa shape index (κ2) is 8.26. The molecule has 0 radical (unpaired) electrons. The van der Waals surface area contributed by atoms with Gasteiger partial charge in [0.2, 0.25) is 0 Å². The Morgan fingerprint density at radius 1 is 1.15 bits per heavy atom. The van der Waals surface area contributed by atoms with E-state index in [9.17, 15) is 0 Å². The van der Waals surface area contributed by atoms with Gasteiger partial charge < -0.3 is 4.74 Å². The molecular formula is C19H28O. The highest BCUT2D eigenvalue weighted by molar-refractivity contribution is 5.25. The van der Waals surface area contributed by atoms with Crippen LogP contribution in [0.4, 0.5) is 0 Å². The zero-order valence-corrected chi connectivity index (χ0v) is 12.8. The fourth-order valence-electron chi connectivity index (χ4n) is 3.19. The summed E-state index contributed by atoms with van der Waals surface area (Å²) >= 11 is 0. The van der Waals surface area contributed by atoms with E-state index in [0.29, 0.717) is 0 Å². The molecule has 1 aromatic carbocycles. The molecule has 1 aliphatic rings. The van der Waals surface area contributed by atoms with Gasteiger partial charge in [-0.25, -0.2) is 0 Å². The molecule has 0 bridgehead atoms. The molecule has 1 aliphatic carbocycles. The maximum Gasteiger partial charge on any atom is 0.0716 e. The monoisotopic (exact) mass is 272 g/mol. The molecule has 110 valence electrons. The molecule has 0 amide bonds. The van der Waals surface area contributed by atoms with Gasteiger partial charge in [0.25, 0.3) is 0 Å². The third-order valence-electron chi connectivity index (χ3n) is 4.42. The highest BCUT2D eigenvalue weighted by Gasteiger charge is 2.21. The summed E-state index contributed by atoms with van der Waals surface area (Å²) in [6, 6.07) is 9.09. The van der Waals surface area contributed by atoms with E-state index in [-0.39, 0.29) is 0 Å². The Kier molecular flexibility index (Phi) is 6.32. The predicted molar refractivity (Wildman–Crippen MR) is 85.9 cm³/mol. The standard InChI is InChI=1S/C19H28O/c1-3-5-16-6-10-18(11-7-16)19-12-8-17(9-13-19)15-20-14-4-2/h3,8-9,12-13,16,18H,1,4-7,10-11,14-15H2,2H3/t16-,18-. The lowest BCUT2D eigenvalue weighted by Crippen LogP contribution is -2.12. The minimum Gasteiger partial charge on any atom is -0.377 e. The first-order valence-electron chi connectivity index (χ1n) is 8.11. The highest BCUT2D eigenvalue weighted by atomic mass is 16.5. The number of allylic oxidation sites excluding steroid dienone is 1. The van der Waals surface area contributed by atoms with Crippen molar-refractivity contribution in [3.8, 4) is 0 Å². The van der Waals surface area contributed by atoms with Crippen molar-refractivity contribution in [2.75, 3.05) is 6.61 Å². The number of rotatable bonds is 7. The molecule has 0 N–H and O–H groups in total. The Balaban J connectivity index is 1.83. The zero-order chi connectivity index (χ0) is 14.2. The van der Waals surface area contributed by atoms with Crippen molar-refractivity contribution in [1.82, 2.24) is 0 Å². The van der Waals surface area contributed by atoms with E-state index < -0.39 is 0 Å². The number of benzene rings is 1. The minimum absolute atomic E-state index is 0.750. The van der Waals surface area contributed by atoms with E-state index in [0.717, 1.165) is 31.5 Å². The molecule has 2 rings (SSSR count). The van der Waals surface area contributed by atoms with Gasteiger partial charge in [-0.3, -0.25) is 0 Å². The Morgan fingerprint density at radius 3 is 2.45 bits per heavy atom. The number of ether oxygens (including phenoxy) is 1. The molecular weight excluding hydrogens is 244 g/mol. The second-order valence-corrected chi connectivity index (χ2v) is 6.04. The molecule has 0 heterocycles. The van der Waals surface area contributed by atoms with Gasteiger partial charge in [0.1, 0.15) is 0 Å². The van der Waals surface area contributed by atoms with Gasteiger partial charge in [-0.2, -0.15) is 0 Å². The first-order chi connectivity index (χ1) is 9.83. The van der Waals surface area contributed by atoms with E-state index in [1.165, 1.54) is 43.2 Å². The molecule has 0 aliphatic heterocycles. The molecule has 20 heavy (non-hydrogen) atoms. The molecule has 1 aromatic rings. The summed E-state index contributed by atoms with van der Waals surface area (Å²) < 4.78 is 5.59. The summed E-state index contributed by atoms with van der Waals surface area (Å²) in [6.45, 7) is 7.61. The Bertz CT molecular complexity index is 385. The summed E-state index contributed by atoms with van der Waals surface area (Å²) in [7, 11) is 0. The van der Waals surface area contributed by atoms with Crippen molar-refractivity contribution in [3.05, 3.63) is 48.0 Å². The lowest BCUT2D eigenvalue weighted by atomic mass is 9.77. The van der Waals surface area contributed by atoms with Crippen LogP contribution in [-0.4, -0.2) is 6.61 Å². The molecule has 0 aromatic heterocycles. The fraction of sp³-hybridized carbons (Fsp3) is 0.579. The van der Waals surface area contributed by atoms with Crippen LogP contribution >= 0.6 is 0 Å². The maximum absolute atomic E-state index is 5.59. The van der Waals surface area contributed by atoms with Crippen LogP contribution in [0.5, 0.6) is 0 Å². The normalized spacial score (nSPS) is 22.6. The molecule has 1 fully saturated rings. The first-order valence-corrected chi connectivity index (χ1v) is 8.11. The van der Waals surface area contributed by atoms with Crippen LogP contribution < -0.4 is 0 Å². The molecule has 0 atom stereocenters. The predicted octanol–water partition coefficient (Wildman–Crippen LogP) is 5.46. The van der Waals surface area contributed by atoms with Crippen molar-refractivity contribution in [2.24, 2.45) is 5.92 Å². The topological polar surface area (TPSA) is 9.23 Å². The van der Waals surface area contributed by atoms with E-state index in [2.05, 4.69) is 43.8 Å². The SMILES string of the molecule is C=CC[C@H]1CC[C@H](c2ccc(COCCC)cc2)CC1. The maximum atomic E-state index is 5.59. The van der Waals surface area contributed by atoms with E-state index in [4.69, 9.17) is 4.74 Å². The van der Waals surface area contributed by atoms with Gasteiger partial charge in [0.05, 0.1) is 6.61 Å². The van der Waals surface area contributed by atoms with Gasteiger partial charge >= 0.3 is 0 Å². The molecule has 0 spiro atoms. The van der Waals surface area contributed by atoms with Crippen molar-refractivity contribution < 1.29 is 4.74 Å². The Labute approximate surface area is 124 Å². The van der Waals surface area contributed by atoms with Crippen LogP contribution in [0.15, 0.2) is 36.9 Å². The van der Waals surface area contributed by atoms with Crippen molar-refractivity contribution in [1.29, 1.82) is 0 Å². The van der Waals surface area contributed by atoms with Crippen LogP contribution in [0.25, 0.3) is 0 Å². The summed E-state index contributed by atoms with van der Waals surface area (Å²) in [5.41, 5.74) is 2.81. The van der Waals surface area contributed by atoms with Crippen molar-refractivity contribution in [3.63, 3.8) is 0 Å². The van der Waals surface area contributed by atoms with Crippen LogP contribution in [0.2, 0.25) is 0 Å². The van der Waals surface area contributed by atoms with Gasteiger partial charge in [0, 0.05) is 6.61 Å². The summed E-state index contributed by atoms with van der Waals surface area (Å²) in [4.78, 5) is 0. The van der Waals surface area contributed by atoms with Gasteiger partial charge in [-0.05, 0) is 61.5 Å². The Morgan fingerprint density at radius 2 is 1.85 bits per heavy atom. The largest absolute Gasteiger partial charge is 0.377 e. The smallest absolute Gasteiger partial charge is 0.0716 e. The molecule has 1 nitrogen and oxygen atoms in total. The van der Waals surface area contributed by atoms with Crippen LogP contribution in [0, 0.1) is 5.92 Å². The average molecular weight is 272 g/mol. The molecule has 1 saturated carbocycles. The number of hydrogen-bond donors (Lipinski definition) is 0.